The molecule has 44 heavy (non-hydrogen) atoms. The Kier molecular flexibility index (Phi) is 39.5. The summed E-state index contributed by atoms with van der Waals surface area (Å²) in [4.78, 5) is 11.5. The van der Waals surface area contributed by atoms with Gasteiger partial charge in [-0.25, -0.2) is 0 Å². The molecule has 0 amide bonds. The summed E-state index contributed by atoms with van der Waals surface area (Å²) < 4.78 is 43.6. The van der Waals surface area contributed by atoms with Gasteiger partial charge in [-0.2, -0.15) is 0 Å². The van der Waals surface area contributed by atoms with Gasteiger partial charge in [0, 0.05) is 13.0 Å². The average molecular weight is 635 g/mol. The molecule has 0 spiro atoms. The third-order valence-corrected chi connectivity index (χ3v) is 7.10. The standard InChI is InChI=1S/C35H70O9/c1-3-5-7-8-9-10-11-12-13-14-15-16-18-20-37-21-22-38-23-24-39-25-26-40-27-28-41-29-30-42-31-32-43-33-34-44-35(36)19-17-6-4-2/h3-34H2,1-2H3. The van der Waals surface area contributed by atoms with Crippen LogP contribution in [-0.2, 0) is 42.7 Å². The van der Waals surface area contributed by atoms with E-state index in [1.165, 1.54) is 77.0 Å². The fourth-order valence-electron chi connectivity index (χ4n) is 4.45. The van der Waals surface area contributed by atoms with Gasteiger partial charge < -0.3 is 37.9 Å². The molecule has 0 N–H and O–H groups in total. The van der Waals surface area contributed by atoms with Crippen LogP contribution in [0.15, 0.2) is 0 Å². The summed E-state index contributed by atoms with van der Waals surface area (Å²) in [7, 11) is 0. The molecule has 0 saturated heterocycles. The van der Waals surface area contributed by atoms with Gasteiger partial charge >= 0.3 is 5.97 Å². The van der Waals surface area contributed by atoms with Crippen LogP contribution in [0, 0.1) is 0 Å². The summed E-state index contributed by atoms with van der Waals surface area (Å²) in [5, 5.41) is 0. The molecule has 9 nitrogen and oxygen atoms in total. The second-order valence-corrected chi connectivity index (χ2v) is 11.2. The monoisotopic (exact) mass is 635 g/mol. The summed E-state index contributed by atoms with van der Waals surface area (Å²) in [5.74, 6) is -0.150. The van der Waals surface area contributed by atoms with E-state index >= 15 is 0 Å². The normalized spacial score (nSPS) is 11.4. The maximum atomic E-state index is 11.5. The van der Waals surface area contributed by atoms with Crippen LogP contribution < -0.4 is 0 Å². The number of carbonyl (C=O) groups is 1. The second-order valence-electron chi connectivity index (χ2n) is 11.2. The van der Waals surface area contributed by atoms with Crippen molar-refractivity contribution in [3.8, 4) is 0 Å². The predicted molar refractivity (Wildman–Crippen MR) is 177 cm³/mol. The number of hydrogen-bond donors (Lipinski definition) is 0. The first-order chi connectivity index (χ1) is 21.8. The highest BCUT2D eigenvalue weighted by Crippen LogP contribution is 2.12. The Morgan fingerprint density at radius 2 is 0.591 bits per heavy atom. The van der Waals surface area contributed by atoms with E-state index in [9.17, 15) is 4.79 Å². The van der Waals surface area contributed by atoms with Gasteiger partial charge in [-0.05, 0) is 12.8 Å². The van der Waals surface area contributed by atoms with Crippen LogP contribution in [0.5, 0.6) is 0 Å². The lowest BCUT2D eigenvalue weighted by Gasteiger charge is -2.09. The number of carbonyl (C=O) groups excluding carboxylic acids is 1. The maximum absolute atomic E-state index is 11.5. The van der Waals surface area contributed by atoms with Gasteiger partial charge in [-0.3, -0.25) is 4.79 Å². The minimum atomic E-state index is -0.150. The smallest absolute Gasteiger partial charge is 0.305 e. The molecule has 0 fully saturated rings. The van der Waals surface area contributed by atoms with Crippen molar-refractivity contribution in [2.45, 2.75) is 123 Å². The average Bonchev–Trinajstić information content (AvgIpc) is 3.03. The minimum absolute atomic E-state index is 0.150. The fourth-order valence-corrected chi connectivity index (χ4v) is 4.45. The van der Waals surface area contributed by atoms with Crippen molar-refractivity contribution in [1.29, 1.82) is 0 Å². The van der Waals surface area contributed by atoms with Crippen LogP contribution in [-0.4, -0.2) is 105 Å². The third kappa shape index (κ3) is 39.2. The van der Waals surface area contributed by atoms with E-state index in [1.807, 2.05) is 0 Å². The van der Waals surface area contributed by atoms with E-state index in [0.717, 1.165) is 32.3 Å². The van der Waals surface area contributed by atoms with E-state index in [0.29, 0.717) is 98.9 Å². The summed E-state index contributed by atoms with van der Waals surface area (Å²) in [6.45, 7) is 12.4. The first-order valence-electron chi connectivity index (χ1n) is 18.0. The Labute approximate surface area is 270 Å². The molecule has 0 bridgehead atoms. The highest BCUT2D eigenvalue weighted by Gasteiger charge is 2.02. The summed E-state index contributed by atoms with van der Waals surface area (Å²) in [5.41, 5.74) is 0. The van der Waals surface area contributed by atoms with Crippen molar-refractivity contribution in [3.63, 3.8) is 0 Å². The van der Waals surface area contributed by atoms with Gasteiger partial charge in [0.25, 0.3) is 0 Å². The molecule has 0 aromatic heterocycles. The number of unbranched alkanes of at least 4 members (excludes halogenated alkanes) is 14. The zero-order valence-electron chi connectivity index (χ0n) is 28.8. The molecule has 0 aliphatic heterocycles. The Balaban J connectivity index is 3.07. The van der Waals surface area contributed by atoms with Crippen LogP contribution >= 0.6 is 0 Å². The van der Waals surface area contributed by atoms with E-state index in [2.05, 4.69) is 13.8 Å². The van der Waals surface area contributed by atoms with Crippen molar-refractivity contribution >= 4 is 5.97 Å². The van der Waals surface area contributed by atoms with Crippen molar-refractivity contribution in [1.82, 2.24) is 0 Å². The Hall–Kier alpha value is -0.810. The molecule has 0 aromatic rings. The first-order valence-corrected chi connectivity index (χ1v) is 18.0. The zero-order chi connectivity index (χ0) is 31.9. The summed E-state index contributed by atoms with van der Waals surface area (Å²) >= 11 is 0. The van der Waals surface area contributed by atoms with Gasteiger partial charge in [0.05, 0.1) is 85.9 Å². The minimum Gasteiger partial charge on any atom is -0.463 e. The van der Waals surface area contributed by atoms with Crippen LogP contribution in [0.4, 0.5) is 0 Å². The molecule has 9 heteroatoms. The van der Waals surface area contributed by atoms with Gasteiger partial charge in [0.1, 0.15) is 6.61 Å². The second kappa shape index (κ2) is 40.2. The number of hydrogen-bond acceptors (Lipinski definition) is 9. The van der Waals surface area contributed by atoms with Crippen molar-refractivity contribution in [2.75, 3.05) is 99.1 Å². The fraction of sp³-hybridized carbons (Fsp3) is 0.971. The lowest BCUT2D eigenvalue weighted by molar-refractivity contribution is -0.145. The summed E-state index contributed by atoms with van der Waals surface area (Å²) in [6, 6.07) is 0. The molecular weight excluding hydrogens is 564 g/mol. The van der Waals surface area contributed by atoms with Gasteiger partial charge in [-0.15, -0.1) is 0 Å². The number of rotatable bonds is 39. The van der Waals surface area contributed by atoms with Gasteiger partial charge in [0.15, 0.2) is 0 Å². The lowest BCUT2D eigenvalue weighted by atomic mass is 10.0. The molecule has 0 heterocycles. The van der Waals surface area contributed by atoms with Gasteiger partial charge in [-0.1, -0.05) is 104 Å². The lowest BCUT2D eigenvalue weighted by Crippen LogP contribution is -2.15. The van der Waals surface area contributed by atoms with Crippen molar-refractivity contribution < 1.29 is 42.7 Å². The van der Waals surface area contributed by atoms with E-state index in [-0.39, 0.29) is 5.97 Å². The SMILES string of the molecule is CCCCCCCCCCCCCCCOCCOCCOCCOCCOCCOCCOCCOC(=O)CCCCC. The largest absolute Gasteiger partial charge is 0.463 e. The topological polar surface area (TPSA) is 90.9 Å². The Bertz CT molecular complexity index is 536. The van der Waals surface area contributed by atoms with E-state index in [1.54, 1.807) is 0 Å². The highest BCUT2D eigenvalue weighted by molar-refractivity contribution is 5.69. The molecule has 0 saturated carbocycles. The first kappa shape index (κ1) is 43.2. The molecular formula is C35H70O9. The zero-order valence-corrected chi connectivity index (χ0v) is 28.8. The molecule has 264 valence electrons. The Morgan fingerprint density at radius 3 is 0.955 bits per heavy atom. The number of ether oxygens (including phenoxy) is 8. The number of esters is 1. The van der Waals surface area contributed by atoms with E-state index < -0.39 is 0 Å². The molecule has 0 radical (unpaired) electrons. The molecule has 0 atom stereocenters. The quantitative estimate of drug-likeness (QED) is 0.0510. The Morgan fingerprint density at radius 1 is 0.318 bits per heavy atom. The van der Waals surface area contributed by atoms with Crippen molar-refractivity contribution in [2.24, 2.45) is 0 Å². The third-order valence-electron chi connectivity index (χ3n) is 7.10. The molecule has 0 aliphatic carbocycles. The highest BCUT2D eigenvalue weighted by atomic mass is 16.6. The van der Waals surface area contributed by atoms with Crippen LogP contribution in [0.3, 0.4) is 0 Å². The predicted octanol–water partition coefficient (Wildman–Crippen LogP) is 7.32. The maximum Gasteiger partial charge on any atom is 0.305 e. The molecule has 0 aromatic carbocycles. The van der Waals surface area contributed by atoms with Crippen LogP contribution in [0.2, 0.25) is 0 Å². The summed E-state index contributed by atoms with van der Waals surface area (Å²) in [6.07, 6.45) is 21.3. The van der Waals surface area contributed by atoms with Crippen LogP contribution in [0.25, 0.3) is 0 Å². The molecule has 0 aliphatic rings. The van der Waals surface area contributed by atoms with Gasteiger partial charge in [0.2, 0.25) is 0 Å². The molecule has 0 unspecified atom stereocenters. The molecule has 0 rings (SSSR count). The van der Waals surface area contributed by atoms with Crippen molar-refractivity contribution in [3.05, 3.63) is 0 Å². The van der Waals surface area contributed by atoms with E-state index in [4.69, 9.17) is 37.9 Å². The van der Waals surface area contributed by atoms with Crippen LogP contribution in [0.1, 0.15) is 123 Å².